The molecule has 1 unspecified atom stereocenters. The van der Waals surface area contributed by atoms with E-state index < -0.39 is 0 Å². The molecule has 1 atom stereocenters. The zero-order valence-corrected chi connectivity index (χ0v) is 16.6. The molecule has 0 saturated carbocycles. The molecule has 0 aliphatic rings. The number of benzene rings is 3. The predicted octanol–water partition coefficient (Wildman–Crippen LogP) is 6.14. The fraction of sp³-hybridized carbons (Fsp3) is 0.174. The van der Waals surface area contributed by atoms with Gasteiger partial charge in [-0.05, 0) is 47.7 Å². The first-order chi connectivity index (χ1) is 13.0. The van der Waals surface area contributed by atoms with Crippen molar-refractivity contribution in [3.8, 4) is 0 Å². The van der Waals surface area contributed by atoms with Crippen molar-refractivity contribution in [2.45, 2.75) is 25.8 Å². The normalized spacial score (nSPS) is 11.8. The maximum atomic E-state index is 12.7. The third-order valence-electron chi connectivity index (χ3n) is 4.56. The van der Waals surface area contributed by atoms with Crippen molar-refractivity contribution in [3.05, 3.63) is 105 Å². The summed E-state index contributed by atoms with van der Waals surface area (Å²) in [6.45, 7) is 2.06. The number of carbonyl (C=O) groups is 1. The van der Waals surface area contributed by atoms with Gasteiger partial charge < -0.3 is 5.32 Å². The Morgan fingerprint density at radius 3 is 2.33 bits per heavy atom. The summed E-state index contributed by atoms with van der Waals surface area (Å²) in [6.07, 6.45) is 0.991. The van der Waals surface area contributed by atoms with E-state index in [4.69, 9.17) is 23.2 Å². The molecule has 0 fully saturated rings. The molecular formula is C23H21Cl2NO. The van der Waals surface area contributed by atoms with E-state index in [2.05, 4.69) is 24.4 Å². The van der Waals surface area contributed by atoms with Crippen LogP contribution in [0.3, 0.4) is 0 Å². The van der Waals surface area contributed by atoms with Gasteiger partial charge in [-0.15, -0.1) is 0 Å². The van der Waals surface area contributed by atoms with Crippen LogP contribution in [0, 0.1) is 6.92 Å². The molecule has 4 heteroatoms. The lowest BCUT2D eigenvalue weighted by Crippen LogP contribution is -2.30. The highest BCUT2D eigenvalue weighted by Gasteiger charge is 2.18. The van der Waals surface area contributed by atoms with E-state index in [0.29, 0.717) is 22.9 Å². The van der Waals surface area contributed by atoms with Gasteiger partial charge in [-0.2, -0.15) is 0 Å². The fourth-order valence-corrected chi connectivity index (χ4v) is 3.40. The van der Waals surface area contributed by atoms with Crippen LogP contribution in [-0.2, 0) is 11.2 Å². The first-order valence-corrected chi connectivity index (χ1v) is 9.64. The zero-order valence-electron chi connectivity index (χ0n) is 15.1. The van der Waals surface area contributed by atoms with E-state index in [9.17, 15) is 4.79 Å². The molecule has 0 heterocycles. The molecule has 0 spiro atoms. The number of amides is 1. The summed E-state index contributed by atoms with van der Waals surface area (Å²) < 4.78 is 0. The molecule has 0 aromatic heterocycles. The molecular weight excluding hydrogens is 377 g/mol. The second-order valence-corrected chi connectivity index (χ2v) is 7.33. The number of rotatable bonds is 6. The summed E-state index contributed by atoms with van der Waals surface area (Å²) in [5.41, 5.74) is 4.31. The van der Waals surface area contributed by atoms with Crippen LogP contribution in [0.4, 0.5) is 0 Å². The molecule has 0 aliphatic carbocycles. The maximum absolute atomic E-state index is 12.7. The van der Waals surface area contributed by atoms with Crippen LogP contribution in [0.25, 0.3) is 0 Å². The van der Waals surface area contributed by atoms with Crippen LogP contribution in [0.1, 0.15) is 34.7 Å². The van der Waals surface area contributed by atoms with Gasteiger partial charge in [0.1, 0.15) is 0 Å². The monoisotopic (exact) mass is 397 g/mol. The summed E-state index contributed by atoms with van der Waals surface area (Å²) in [4.78, 5) is 12.7. The maximum Gasteiger partial charge on any atom is 0.221 e. The van der Waals surface area contributed by atoms with Crippen molar-refractivity contribution in [2.75, 3.05) is 0 Å². The Balaban J connectivity index is 1.75. The molecule has 27 heavy (non-hydrogen) atoms. The minimum Gasteiger partial charge on any atom is -0.345 e. The van der Waals surface area contributed by atoms with Crippen molar-refractivity contribution in [3.63, 3.8) is 0 Å². The van der Waals surface area contributed by atoms with Crippen LogP contribution < -0.4 is 5.32 Å². The number of halogens is 2. The standard InChI is InChI=1S/C23H21Cl2NO/c1-16-7-5-6-10-19(16)23(18-8-3-2-4-9-18)26-22(27)14-12-17-11-13-20(24)21(25)15-17/h2-11,13,15,23H,12,14H2,1H3,(H,26,27). The van der Waals surface area contributed by atoms with E-state index in [1.54, 1.807) is 6.07 Å². The van der Waals surface area contributed by atoms with Gasteiger partial charge in [-0.1, -0.05) is 83.9 Å². The number of carbonyl (C=O) groups excluding carboxylic acids is 1. The predicted molar refractivity (Wildman–Crippen MR) is 112 cm³/mol. The second-order valence-electron chi connectivity index (χ2n) is 6.52. The minimum atomic E-state index is -0.172. The third kappa shape index (κ3) is 5.12. The Hall–Kier alpha value is -2.29. The lowest BCUT2D eigenvalue weighted by molar-refractivity contribution is -0.121. The summed E-state index contributed by atoms with van der Waals surface area (Å²) in [6, 6.07) is 23.5. The molecule has 138 valence electrons. The molecule has 2 nitrogen and oxygen atoms in total. The minimum absolute atomic E-state index is 0.00169. The van der Waals surface area contributed by atoms with Gasteiger partial charge in [0.2, 0.25) is 5.91 Å². The molecule has 0 saturated heterocycles. The van der Waals surface area contributed by atoms with Crippen LogP contribution in [0.15, 0.2) is 72.8 Å². The third-order valence-corrected chi connectivity index (χ3v) is 5.30. The van der Waals surface area contributed by atoms with Gasteiger partial charge in [0.15, 0.2) is 0 Å². The average molecular weight is 398 g/mol. The van der Waals surface area contributed by atoms with Crippen molar-refractivity contribution in [2.24, 2.45) is 0 Å². The molecule has 3 rings (SSSR count). The number of hydrogen-bond acceptors (Lipinski definition) is 1. The smallest absolute Gasteiger partial charge is 0.221 e. The van der Waals surface area contributed by atoms with Gasteiger partial charge in [-0.25, -0.2) is 0 Å². The molecule has 1 amide bonds. The molecule has 3 aromatic carbocycles. The summed E-state index contributed by atoms with van der Waals surface area (Å²) in [5.74, 6) is -0.00169. The Bertz CT molecular complexity index is 925. The Morgan fingerprint density at radius 1 is 0.926 bits per heavy atom. The summed E-state index contributed by atoms with van der Waals surface area (Å²) >= 11 is 12.0. The molecule has 0 aliphatic heterocycles. The van der Waals surface area contributed by atoms with Crippen molar-refractivity contribution < 1.29 is 4.79 Å². The quantitative estimate of drug-likeness (QED) is 0.531. The average Bonchev–Trinajstić information content (AvgIpc) is 2.68. The van der Waals surface area contributed by atoms with Crippen LogP contribution in [0.2, 0.25) is 10.0 Å². The van der Waals surface area contributed by atoms with Crippen LogP contribution >= 0.6 is 23.2 Å². The number of hydrogen-bond donors (Lipinski definition) is 1. The zero-order chi connectivity index (χ0) is 19.2. The van der Waals surface area contributed by atoms with Gasteiger partial charge in [0, 0.05) is 6.42 Å². The molecule has 1 N–H and O–H groups in total. The van der Waals surface area contributed by atoms with Crippen LogP contribution in [0.5, 0.6) is 0 Å². The Labute approximate surface area is 170 Å². The summed E-state index contributed by atoms with van der Waals surface area (Å²) in [5, 5.41) is 4.22. The van der Waals surface area contributed by atoms with E-state index in [1.807, 2.05) is 54.6 Å². The lowest BCUT2D eigenvalue weighted by atomic mass is 9.94. The van der Waals surface area contributed by atoms with E-state index in [0.717, 1.165) is 22.3 Å². The number of nitrogens with one attached hydrogen (secondary N) is 1. The second kappa shape index (κ2) is 9.07. The van der Waals surface area contributed by atoms with Crippen LogP contribution in [-0.4, -0.2) is 5.91 Å². The van der Waals surface area contributed by atoms with E-state index >= 15 is 0 Å². The highest BCUT2D eigenvalue weighted by Crippen LogP contribution is 2.26. The Morgan fingerprint density at radius 2 is 1.63 bits per heavy atom. The van der Waals surface area contributed by atoms with Gasteiger partial charge >= 0.3 is 0 Å². The fourth-order valence-electron chi connectivity index (χ4n) is 3.08. The van der Waals surface area contributed by atoms with Gasteiger partial charge in [0.25, 0.3) is 0 Å². The first-order valence-electron chi connectivity index (χ1n) is 8.88. The molecule has 0 radical (unpaired) electrons. The van der Waals surface area contributed by atoms with E-state index in [1.165, 1.54) is 0 Å². The SMILES string of the molecule is Cc1ccccc1C(NC(=O)CCc1ccc(Cl)c(Cl)c1)c1ccccc1. The lowest BCUT2D eigenvalue weighted by Gasteiger charge is -2.21. The Kier molecular flexibility index (Phi) is 6.54. The van der Waals surface area contributed by atoms with Crippen molar-refractivity contribution in [1.29, 1.82) is 0 Å². The highest BCUT2D eigenvalue weighted by atomic mass is 35.5. The molecule has 0 bridgehead atoms. The highest BCUT2D eigenvalue weighted by molar-refractivity contribution is 6.42. The first kappa shape index (κ1) is 19.5. The molecule has 3 aromatic rings. The summed E-state index contributed by atoms with van der Waals surface area (Å²) in [7, 11) is 0. The van der Waals surface area contributed by atoms with Gasteiger partial charge in [-0.3, -0.25) is 4.79 Å². The van der Waals surface area contributed by atoms with Gasteiger partial charge in [0.05, 0.1) is 16.1 Å². The largest absolute Gasteiger partial charge is 0.345 e. The number of aryl methyl sites for hydroxylation is 2. The topological polar surface area (TPSA) is 29.1 Å². The van der Waals surface area contributed by atoms with Crippen molar-refractivity contribution >= 4 is 29.1 Å². The van der Waals surface area contributed by atoms with Crippen molar-refractivity contribution in [1.82, 2.24) is 5.32 Å². The van der Waals surface area contributed by atoms with E-state index in [-0.39, 0.29) is 11.9 Å².